The van der Waals surface area contributed by atoms with Gasteiger partial charge in [-0.25, -0.2) is 4.98 Å². The topological polar surface area (TPSA) is 87.3 Å². The van der Waals surface area contributed by atoms with Crippen LogP contribution in [0.4, 0.5) is 5.69 Å². The van der Waals surface area contributed by atoms with Gasteiger partial charge in [0.25, 0.3) is 11.2 Å². The van der Waals surface area contributed by atoms with Crippen LogP contribution >= 0.6 is 15.9 Å². The van der Waals surface area contributed by atoms with Crippen molar-refractivity contribution < 1.29 is 9.66 Å². The van der Waals surface area contributed by atoms with Gasteiger partial charge < -0.3 is 4.74 Å². The molecule has 0 fully saturated rings. The molecule has 4 rings (SSSR count). The zero-order valence-electron chi connectivity index (χ0n) is 16.4. The molecule has 0 aliphatic rings. The van der Waals surface area contributed by atoms with Crippen molar-refractivity contribution in [1.29, 1.82) is 0 Å². The molecule has 1 heterocycles. The van der Waals surface area contributed by atoms with Gasteiger partial charge >= 0.3 is 0 Å². The van der Waals surface area contributed by atoms with E-state index in [0.29, 0.717) is 28.2 Å². The average Bonchev–Trinajstić information content (AvgIpc) is 2.78. The smallest absolute Gasteiger partial charge is 0.269 e. The number of aromatic nitrogens is 2. The zero-order valence-corrected chi connectivity index (χ0v) is 17.9. The highest BCUT2D eigenvalue weighted by atomic mass is 79.9. The maximum Gasteiger partial charge on any atom is 0.269 e. The summed E-state index contributed by atoms with van der Waals surface area (Å²) in [5.74, 6) is 1.11. The summed E-state index contributed by atoms with van der Waals surface area (Å²) in [6.45, 7) is 0. The molecule has 0 amide bonds. The summed E-state index contributed by atoms with van der Waals surface area (Å²) < 4.78 is 7.52. The van der Waals surface area contributed by atoms with Crippen LogP contribution in [-0.4, -0.2) is 21.6 Å². The number of nitro groups is 1. The SMILES string of the molecule is COc1ccc(-n2c(/C=C/c3ccc([N+](=O)[O-])cc3)nc3ccc(Br)cc3c2=O)cc1. The van der Waals surface area contributed by atoms with Crippen molar-refractivity contribution in [2.75, 3.05) is 7.11 Å². The number of non-ortho nitro benzene ring substituents is 1. The van der Waals surface area contributed by atoms with E-state index in [0.717, 1.165) is 10.0 Å². The third-order valence-electron chi connectivity index (χ3n) is 4.72. The standard InChI is InChI=1S/C23H16BrN3O4/c1-31-19-10-8-17(9-11-19)26-22(13-4-15-2-6-18(7-3-15)27(29)30)25-21-12-5-16(24)14-20(21)23(26)28/h2-14H,1H3/b13-4+. The number of halogens is 1. The summed E-state index contributed by atoms with van der Waals surface area (Å²) in [5, 5.41) is 11.3. The first-order valence-corrected chi connectivity index (χ1v) is 10.0. The van der Waals surface area contributed by atoms with E-state index in [1.54, 1.807) is 67.8 Å². The second kappa shape index (κ2) is 8.53. The van der Waals surface area contributed by atoms with E-state index in [1.165, 1.54) is 16.7 Å². The predicted molar refractivity (Wildman–Crippen MR) is 124 cm³/mol. The molecule has 0 saturated carbocycles. The van der Waals surface area contributed by atoms with Crippen LogP contribution in [0.1, 0.15) is 11.4 Å². The van der Waals surface area contributed by atoms with E-state index >= 15 is 0 Å². The minimum Gasteiger partial charge on any atom is -0.497 e. The fraction of sp³-hybridized carbons (Fsp3) is 0.0435. The molecule has 0 aliphatic carbocycles. The van der Waals surface area contributed by atoms with Crippen LogP contribution in [0.15, 0.2) is 76.0 Å². The van der Waals surface area contributed by atoms with Crippen LogP contribution < -0.4 is 10.3 Å². The maximum absolute atomic E-state index is 13.3. The summed E-state index contributed by atoms with van der Waals surface area (Å²) in [6.07, 6.45) is 3.48. The highest BCUT2D eigenvalue weighted by Gasteiger charge is 2.12. The van der Waals surface area contributed by atoms with E-state index in [9.17, 15) is 14.9 Å². The van der Waals surface area contributed by atoms with Crippen molar-refractivity contribution >= 4 is 44.7 Å². The number of ether oxygens (including phenoxy) is 1. The van der Waals surface area contributed by atoms with E-state index < -0.39 is 4.92 Å². The largest absolute Gasteiger partial charge is 0.497 e. The molecule has 154 valence electrons. The first-order chi connectivity index (χ1) is 15.0. The first kappa shape index (κ1) is 20.5. The fourth-order valence-electron chi connectivity index (χ4n) is 3.15. The Morgan fingerprint density at radius 2 is 1.74 bits per heavy atom. The molecule has 7 nitrogen and oxygen atoms in total. The van der Waals surface area contributed by atoms with E-state index in [2.05, 4.69) is 20.9 Å². The van der Waals surface area contributed by atoms with Crippen molar-refractivity contribution in [1.82, 2.24) is 9.55 Å². The Morgan fingerprint density at radius 3 is 2.39 bits per heavy atom. The number of nitrogens with zero attached hydrogens (tertiary/aromatic N) is 3. The number of rotatable bonds is 5. The molecule has 0 atom stereocenters. The molecule has 1 aromatic heterocycles. The molecule has 31 heavy (non-hydrogen) atoms. The number of nitro benzene ring substituents is 1. The molecule has 0 saturated heterocycles. The van der Waals surface area contributed by atoms with Gasteiger partial charge in [-0.1, -0.05) is 22.0 Å². The van der Waals surface area contributed by atoms with Gasteiger partial charge in [-0.15, -0.1) is 0 Å². The molecule has 0 radical (unpaired) electrons. The minimum atomic E-state index is -0.447. The second-order valence-electron chi connectivity index (χ2n) is 6.65. The average molecular weight is 478 g/mol. The minimum absolute atomic E-state index is 0.0155. The van der Waals surface area contributed by atoms with Gasteiger partial charge in [-0.05, 0) is 66.2 Å². The van der Waals surface area contributed by atoms with Gasteiger partial charge in [0, 0.05) is 16.6 Å². The van der Waals surface area contributed by atoms with Crippen LogP contribution in [0, 0.1) is 10.1 Å². The maximum atomic E-state index is 13.3. The van der Waals surface area contributed by atoms with Crippen molar-refractivity contribution in [2.24, 2.45) is 0 Å². The Labute approximate surface area is 185 Å². The monoisotopic (exact) mass is 477 g/mol. The molecule has 0 aliphatic heterocycles. The van der Waals surface area contributed by atoms with Gasteiger partial charge in [0.2, 0.25) is 0 Å². The number of hydrogen-bond donors (Lipinski definition) is 0. The molecule has 0 bridgehead atoms. The van der Waals surface area contributed by atoms with Crippen molar-refractivity contribution in [3.8, 4) is 11.4 Å². The van der Waals surface area contributed by atoms with Gasteiger partial charge in [0.1, 0.15) is 11.6 Å². The Morgan fingerprint density at radius 1 is 1.03 bits per heavy atom. The lowest BCUT2D eigenvalue weighted by molar-refractivity contribution is -0.384. The Hall–Kier alpha value is -3.78. The van der Waals surface area contributed by atoms with E-state index in [1.807, 2.05) is 6.07 Å². The number of benzene rings is 3. The zero-order chi connectivity index (χ0) is 22.0. The molecule has 4 aromatic rings. The van der Waals surface area contributed by atoms with Gasteiger partial charge in [0.05, 0.1) is 28.6 Å². The first-order valence-electron chi connectivity index (χ1n) is 9.25. The lowest BCUT2D eigenvalue weighted by atomic mass is 10.2. The summed E-state index contributed by atoms with van der Waals surface area (Å²) in [7, 11) is 1.58. The van der Waals surface area contributed by atoms with Gasteiger partial charge in [-0.2, -0.15) is 0 Å². The lowest BCUT2D eigenvalue weighted by Gasteiger charge is -2.12. The molecular weight excluding hydrogens is 462 g/mol. The van der Waals surface area contributed by atoms with Gasteiger partial charge in [-0.3, -0.25) is 19.5 Å². The van der Waals surface area contributed by atoms with E-state index in [4.69, 9.17) is 4.74 Å². The molecular formula is C23H16BrN3O4. The third-order valence-corrected chi connectivity index (χ3v) is 5.21. The molecule has 8 heteroatoms. The van der Waals surface area contributed by atoms with Gasteiger partial charge in [0.15, 0.2) is 0 Å². The van der Waals surface area contributed by atoms with Crippen molar-refractivity contribution in [3.05, 3.63) is 103 Å². The second-order valence-corrected chi connectivity index (χ2v) is 7.57. The number of hydrogen-bond acceptors (Lipinski definition) is 5. The fourth-order valence-corrected chi connectivity index (χ4v) is 3.51. The number of methoxy groups -OCH3 is 1. The van der Waals surface area contributed by atoms with Crippen LogP contribution in [-0.2, 0) is 0 Å². The molecule has 3 aromatic carbocycles. The number of fused-ring (bicyclic) bond motifs is 1. The van der Waals surface area contributed by atoms with Crippen LogP contribution in [0.3, 0.4) is 0 Å². The summed E-state index contributed by atoms with van der Waals surface area (Å²) >= 11 is 3.41. The summed E-state index contributed by atoms with van der Waals surface area (Å²) in [6, 6.07) is 18.6. The lowest BCUT2D eigenvalue weighted by Crippen LogP contribution is -2.22. The van der Waals surface area contributed by atoms with E-state index in [-0.39, 0.29) is 11.2 Å². The summed E-state index contributed by atoms with van der Waals surface area (Å²) in [4.78, 5) is 28.4. The predicted octanol–water partition coefficient (Wildman–Crippen LogP) is 5.24. The van der Waals surface area contributed by atoms with Crippen LogP contribution in [0.5, 0.6) is 5.75 Å². The molecule has 0 N–H and O–H groups in total. The normalized spacial score (nSPS) is 11.2. The third kappa shape index (κ3) is 4.24. The van der Waals surface area contributed by atoms with Crippen LogP contribution in [0.2, 0.25) is 0 Å². The highest BCUT2D eigenvalue weighted by Crippen LogP contribution is 2.21. The molecule has 0 spiro atoms. The van der Waals surface area contributed by atoms with Crippen molar-refractivity contribution in [3.63, 3.8) is 0 Å². The molecule has 0 unspecified atom stereocenters. The Kier molecular flexibility index (Phi) is 5.64. The Bertz CT molecular complexity index is 1360. The quantitative estimate of drug-likeness (QED) is 0.289. The Balaban J connectivity index is 1.86. The summed E-state index contributed by atoms with van der Waals surface area (Å²) in [5.41, 5.74) is 1.77. The van der Waals surface area contributed by atoms with Crippen molar-refractivity contribution in [2.45, 2.75) is 0 Å². The van der Waals surface area contributed by atoms with Crippen LogP contribution in [0.25, 0.3) is 28.7 Å². The highest BCUT2D eigenvalue weighted by molar-refractivity contribution is 9.10.